The minimum atomic E-state index is 0.686. The second-order valence-corrected chi connectivity index (χ2v) is 9.01. The molecule has 0 fully saturated rings. The van der Waals surface area contributed by atoms with Crippen molar-refractivity contribution in [3.8, 4) is 56.8 Å². The summed E-state index contributed by atoms with van der Waals surface area (Å²) in [5.74, 6) is 4.42. The van der Waals surface area contributed by atoms with E-state index in [0.29, 0.717) is 17.2 Å². The fourth-order valence-corrected chi connectivity index (χ4v) is 4.34. The van der Waals surface area contributed by atoms with Gasteiger partial charge in [-0.15, -0.1) is 0 Å². The van der Waals surface area contributed by atoms with Crippen LogP contribution in [0.25, 0.3) is 22.3 Å². The monoisotopic (exact) mass is 506 g/mol. The van der Waals surface area contributed by atoms with E-state index >= 15 is 0 Å². The Balaban J connectivity index is 1.22. The number of para-hydroxylation sites is 1. The molecule has 6 rings (SSSR count). The number of benzene rings is 6. The molecule has 0 aromatic heterocycles. The molecule has 0 unspecified atom stereocenters. The molecule has 0 aliphatic rings. The Hall–Kier alpha value is -5.28. The lowest BCUT2D eigenvalue weighted by Crippen LogP contribution is -1.91. The maximum absolute atomic E-state index is 6.42. The molecule has 0 N–H and O–H groups in total. The highest BCUT2D eigenvalue weighted by Crippen LogP contribution is 2.38. The quantitative estimate of drug-likeness (QED) is 0.205. The third-order valence-electron chi connectivity index (χ3n) is 6.24. The van der Waals surface area contributed by atoms with Crippen molar-refractivity contribution >= 4 is 0 Å². The molecule has 6 aromatic rings. The van der Waals surface area contributed by atoms with Crippen molar-refractivity contribution in [2.75, 3.05) is 0 Å². The van der Waals surface area contributed by atoms with Gasteiger partial charge in [0.15, 0.2) is 0 Å². The van der Waals surface area contributed by atoms with Crippen LogP contribution in [0.1, 0.15) is 0 Å². The van der Waals surface area contributed by atoms with E-state index < -0.39 is 0 Å². The number of rotatable bonds is 8. The van der Waals surface area contributed by atoms with Gasteiger partial charge < -0.3 is 14.2 Å². The minimum Gasteiger partial charge on any atom is -0.457 e. The fraction of sp³-hybridized carbons (Fsp3) is 0. The molecule has 0 radical (unpaired) electrons. The van der Waals surface area contributed by atoms with Crippen molar-refractivity contribution in [3.05, 3.63) is 158 Å². The number of ether oxygens (including phenoxy) is 3. The highest BCUT2D eigenvalue weighted by molar-refractivity contribution is 5.78. The Bertz CT molecular complexity index is 1650. The summed E-state index contributed by atoms with van der Waals surface area (Å²) in [5.41, 5.74) is 4.42. The molecule has 0 saturated carbocycles. The Labute approximate surface area is 228 Å². The van der Waals surface area contributed by atoms with Crippen molar-refractivity contribution in [1.82, 2.24) is 0 Å². The summed E-state index contributed by atoms with van der Waals surface area (Å²) in [4.78, 5) is 0. The van der Waals surface area contributed by atoms with E-state index in [1.165, 1.54) is 0 Å². The van der Waals surface area contributed by atoms with Gasteiger partial charge in [0.1, 0.15) is 34.5 Å². The Morgan fingerprint density at radius 2 is 0.769 bits per heavy atom. The summed E-state index contributed by atoms with van der Waals surface area (Å²) in [5, 5.41) is 0. The summed E-state index contributed by atoms with van der Waals surface area (Å²) in [7, 11) is 0. The summed E-state index contributed by atoms with van der Waals surface area (Å²) < 4.78 is 18.4. The highest BCUT2D eigenvalue weighted by atomic mass is 16.5. The van der Waals surface area contributed by atoms with Gasteiger partial charge in [0, 0.05) is 11.6 Å². The smallest absolute Gasteiger partial charge is 0.135 e. The van der Waals surface area contributed by atoms with Gasteiger partial charge in [0.25, 0.3) is 0 Å². The van der Waals surface area contributed by atoms with E-state index in [1.54, 1.807) is 0 Å². The molecule has 0 spiro atoms. The Morgan fingerprint density at radius 1 is 0.282 bits per heavy atom. The van der Waals surface area contributed by atoms with Crippen LogP contribution >= 0.6 is 0 Å². The molecule has 0 amide bonds. The van der Waals surface area contributed by atoms with E-state index in [1.807, 2.05) is 109 Å². The van der Waals surface area contributed by atoms with Crippen LogP contribution in [-0.4, -0.2) is 0 Å². The first-order valence-corrected chi connectivity index (χ1v) is 12.8. The second-order valence-electron chi connectivity index (χ2n) is 9.01. The molecule has 6 aromatic carbocycles. The molecule has 3 nitrogen and oxygen atoms in total. The van der Waals surface area contributed by atoms with Gasteiger partial charge in [-0.1, -0.05) is 91.0 Å². The first-order chi connectivity index (χ1) is 19.3. The van der Waals surface area contributed by atoms with Crippen molar-refractivity contribution in [2.24, 2.45) is 0 Å². The zero-order valence-electron chi connectivity index (χ0n) is 21.2. The van der Waals surface area contributed by atoms with Crippen LogP contribution < -0.4 is 14.2 Å². The molecular formula is C36H26O3. The summed E-state index contributed by atoms with van der Waals surface area (Å²) in [6.07, 6.45) is 0. The SMILES string of the molecule is c1ccc(Oc2ccc(Oc3cccc(Oc4ccc(-c5ccccc5)cc4-c4ccccc4)c3)cc2)cc1. The van der Waals surface area contributed by atoms with Crippen LogP contribution in [0.5, 0.6) is 34.5 Å². The lowest BCUT2D eigenvalue weighted by Gasteiger charge is -2.15. The molecule has 3 heteroatoms. The van der Waals surface area contributed by atoms with E-state index in [9.17, 15) is 0 Å². The molecule has 0 bridgehead atoms. The van der Waals surface area contributed by atoms with E-state index in [-0.39, 0.29) is 0 Å². The zero-order chi connectivity index (χ0) is 26.3. The molecule has 0 saturated heterocycles. The lowest BCUT2D eigenvalue weighted by molar-refractivity contribution is 0.457. The number of hydrogen-bond acceptors (Lipinski definition) is 3. The maximum atomic E-state index is 6.42. The van der Waals surface area contributed by atoms with Crippen LogP contribution in [0.15, 0.2) is 158 Å². The fourth-order valence-electron chi connectivity index (χ4n) is 4.34. The van der Waals surface area contributed by atoms with E-state index in [2.05, 4.69) is 48.5 Å². The molecule has 0 atom stereocenters. The normalized spacial score (nSPS) is 10.6. The second kappa shape index (κ2) is 11.4. The van der Waals surface area contributed by atoms with Crippen molar-refractivity contribution in [1.29, 1.82) is 0 Å². The standard InChI is InChI=1S/C36H26O3/c1-4-11-27(12-5-1)29-19-24-36(35(25-29)28-13-6-2-7-14-28)39-34-18-10-17-33(26-34)38-32-22-20-31(21-23-32)37-30-15-8-3-9-16-30/h1-26H. The zero-order valence-corrected chi connectivity index (χ0v) is 21.2. The van der Waals surface area contributed by atoms with E-state index in [4.69, 9.17) is 14.2 Å². The van der Waals surface area contributed by atoms with Crippen LogP contribution in [0, 0.1) is 0 Å². The van der Waals surface area contributed by atoms with Gasteiger partial charge in [-0.05, 0) is 77.4 Å². The first kappa shape index (κ1) is 24.1. The van der Waals surface area contributed by atoms with Gasteiger partial charge in [-0.2, -0.15) is 0 Å². The average Bonchev–Trinajstić information content (AvgIpc) is 3.00. The minimum absolute atomic E-state index is 0.686. The van der Waals surface area contributed by atoms with Crippen molar-refractivity contribution < 1.29 is 14.2 Å². The molecular weight excluding hydrogens is 480 g/mol. The summed E-state index contributed by atoms with van der Waals surface area (Å²) >= 11 is 0. The molecule has 188 valence electrons. The predicted molar refractivity (Wildman–Crippen MR) is 157 cm³/mol. The average molecular weight is 507 g/mol. The van der Waals surface area contributed by atoms with Gasteiger partial charge in [-0.25, -0.2) is 0 Å². The highest BCUT2D eigenvalue weighted by Gasteiger charge is 2.11. The van der Waals surface area contributed by atoms with E-state index in [0.717, 1.165) is 39.5 Å². The van der Waals surface area contributed by atoms with Crippen molar-refractivity contribution in [3.63, 3.8) is 0 Å². The first-order valence-electron chi connectivity index (χ1n) is 12.8. The molecule has 0 aliphatic heterocycles. The largest absolute Gasteiger partial charge is 0.457 e. The van der Waals surface area contributed by atoms with Gasteiger partial charge in [-0.3, -0.25) is 0 Å². The third-order valence-corrected chi connectivity index (χ3v) is 6.24. The lowest BCUT2D eigenvalue weighted by atomic mass is 9.98. The third kappa shape index (κ3) is 6.00. The summed E-state index contributed by atoms with van der Waals surface area (Å²) in [6.45, 7) is 0. The molecule has 0 heterocycles. The van der Waals surface area contributed by atoms with Crippen LogP contribution in [0.3, 0.4) is 0 Å². The number of hydrogen-bond donors (Lipinski definition) is 0. The predicted octanol–water partition coefficient (Wildman–Crippen LogP) is 10.4. The van der Waals surface area contributed by atoms with Crippen LogP contribution in [0.4, 0.5) is 0 Å². The van der Waals surface area contributed by atoms with Gasteiger partial charge in [0.2, 0.25) is 0 Å². The Morgan fingerprint density at radius 3 is 1.41 bits per heavy atom. The van der Waals surface area contributed by atoms with Crippen LogP contribution in [0.2, 0.25) is 0 Å². The maximum Gasteiger partial charge on any atom is 0.135 e. The van der Waals surface area contributed by atoms with Crippen LogP contribution in [-0.2, 0) is 0 Å². The molecule has 0 aliphatic carbocycles. The molecule has 39 heavy (non-hydrogen) atoms. The van der Waals surface area contributed by atoms with Gasteiger partial charge >= 0.3 is 0 Å². The van der Waals surface area contributed by atoms with Crippen molar-refractivity contribution in [2.45, 2.75) is 0 Å². The summed E-state index contributed by atoms with van der Waals surface area (Å²) in [6, 6.07) is 51.9. The Kier molecular flexibility index (Phi) is 7.04. The topological polar surface area (TPSA) is 27.7 Å². The van der Waals surface area contributed by atoms with Gasteiger partial charge in [0.05, 0.1) is 0 Å².